The van der Waals surface area contributed by atoms with Gasteiger partial charge in [-0.05, 0) is 18.4 Å². The van der Waals surface area contributed by atoms with Gasteiger partial charge in [-0.1, -0.05) is 30.3 Å². The Morgan fingerprint density at radius 2 is 1.86 bits per heavy atom. The molecule has 3 rings (SSSR count). The first-order valence-corrected chi connectivity index (χ1v) is 7.02. The Bertz CT molecular complexity index is 608. The zero-order valence-corrected chi connectivity index (χ0v) is 11.6. The number of rotatable bonds is 3. The van der Waals surface area contributed by atoms with Crippen molar-refractivity contribution < 1.29 is 9.90 Å². The number of aromatic nitrogens is 2. The maximum atomic E-state index is 11.9. The summed E-state index contributed by atoms with van der Waals surface area (Å²) in [5.41, 5.74) is 0.0938. The first kappa shape index (κ1) is 13.5. The second-order valence-corrected chi connectivity index (χ2v) is 5.30. The molecule has 0 radical (unpaired) electrons. The normalized spacial score (nSPS) is 17.4. The summed E-state index contributed by atoms with van der Waals surface area (Å²) in [4.78, 5) is 22.3. The molecule has 5 nitrogen and oxygen atoms in total. The van der Waals surface area contributed by atoms with Crippen LogP contribution in [0.2, 0.25) is 0 Å². The molecule has 0 aliphatic carbocycles. The molecule has 21 heavy (non-hydrogen) atoms. The molecule has 0 saturated carbocycles. The number of piperidine rings is 1. The molecule has 1 saturated heterocycles. The second-order valence-electron chi connectivity index (χ2n) is 5.30. The predicted molar refractivity (Wildman–Crippen MR) is 79.2 cm³/mol. The highest BCUT2D eigenvalue weighted by Crippen LogP contribution is 2.36. The van der Waals surface area contributed by atoms with Gasteiger partial charge in [-0.2, -0.15) is 0 Å². The van der Waals surface area contributed by atoms with Crippen molar-refractivity contribution >= 4 is 11.8 Å². The molecule has 108 valence electrons. The van der Waals surface area contributed by atoms with Gasteiger partial charge in [0.15, 0.2) is 0 Å². The van der Waals surface area contributed by atoms with E-state index in [0.29, 0.717) is 25.9 Å². The molecule has 2 heterocycles. The zero-order chi connectivity index (χ0) is 14.7. The topological polar surface area (TPSA) is 66.3 Å². The fourth-order valence-corrected chi connectivity index (χ4v) is 2.96. The predicted octanol–water partition coefficient (Wildman–Crippen LogP) is 2.10. The van der Waals surface area contributed by atoms with Crippen LogP contribution in [0.15, 0.2) is 48.9 Å². The molecule has 1 fully saturated rings. The Labute approximate surface area is 123 Å². The first-order valence-electron chi connectivity index (χ1n) is 7.02. The molecule has 1 aromatic carbocycles. The zero-order valence-electron chi connectivity index (χ0n) is 11.6. The van der Waals surface area contributed by atoms with Gasteiger partial charge in [0.2, 0.25) is 0 Å². The fraction of sp³-hybridized carbons (Fsp3) is 0.312. The molecule has 0 atom stereocenters. The molecule has 1 aromatic heterocycles. The van der Waals surface area contributed by atoms with Crippen LogP contribution in [0.25, 0.3) is 0 Å². The van der Waals surface area contributed by atoms with E-state index in [1.54, 1.807) is 18.6 Å². The molecule has 2 aromatic rings. The lowest BCUT2D eigenvalue weighted by atomic mass is 9.73. The third-order valence-corrected chi connectivity index (χ3v) is 4.23. The maximum Gasteiger partial charge on any atom is 0.314 e. The Kier molecular flexibility index (Phi) is 3.56. The third kappa shape index (κ3) is 2.46. The molecule has 1 aliphatic rings. The Morgan fingerprint density at radius 3 is 2.43 bits per heavy atom. The van der Waals surface area contributed by atoms with Crippen LogP contribution in [-0.2, 0) is 10.2 Å². The van der Waals surface area contributed by atoms with Gasteiger partial charge in [-0.15, -0.1) is 0 Å². The quantitative estimate of drug-likeness (QED) is 0.934. The molecular weight excluding hydrogens is 266 g/mol. The lowest BCUT2D eigenvalue weighted by molar-refractivity contribution is -0.144. The van der Waals surface area contributed by atoms with Crippen molar-refractivity contribution in [2.24, 2.45) is 0 Å². The Morgan fingerprint density at radius 1 is 1.14 bits per heavy atom. The second kappa shape index (κ2) is 5.52. The van der Waals surface area contributed by atoms with E-state index in [4.69, 9.17) is 0 Å². The van der Waals surface area contributed by atoms with E-state index in [2.05, 4.69) is 14.9 Å². The van der Waals surface area contributed by atoms with E-state index in [9.17, 15) is 9.90 Å². The highest BCUT2D eigenvalue weighted by atomic mass is 16.4. The average Bonchev–Trinajstić information content (AvgIpc) is 2.56. The lowest BCUT2D eigenvalue weighted by Crippen LogP contribution is -2.47. The van der Waals surface area contributed by atoms with Crippen LogP contribution < -0.4 is 4.90 Å². The molecule has 0 bridgehead atoms. The third-order valence-electron chi connectivity index (χ3n) is 4.23. The molecule has 1 N–H and O–H groups in total. The average molecular weight is 283 g/mol. The van der Waals surface area contributed by atoms with Crippen molar-refractivity contribution in [3.63, 3.8) is 0 Å². The minimum absolute atomic E-state index is 0.572. The number of carbonyl (C=O) groups is 1. The fourth-order valence-electron chi connectivity index (χ4n) is 2.96. The summed E-state index contributed by atoms with van der Waals surface area (Å²) in [7, 11) is 0. The van der Waals surface area contributed by atoms with Crippen molar-refractivity contribution in [1.29, 1.82) is 0 Å². The monoisotopic (exact) mass is 283 g/mol. The van der Waals surface area contributed by atoms with Crippen molar-refractivity contribution in [3.8, 4) is 0 Å². The number of hydrogen-bond acceptors (Lipinski definition) is 4. The molecule has 0 amide bonds. The number of carboxylic acid groups (broad SMARTS) is 1. The van der Waals surface area contributed by atoms with Crippen LogP contribution in [0.3, 0.4) is 0 Å². The largest absolute Gasteiger partial charge is 0.481 e. The molecule has 5 heteroatoms. The van der Waals surface area contributed by atoms with E-state index < -0.39 is 11.4 Å². The van der Waals surface area contributed by atoms with Crippen molar-refractivity contribution in [1.82, 2.24) is 9.97 Å². The van der Waals surface area contributed by atoms with E-state index >= 15 is 0 Å². The van der Waals surface area contributed by atoms with Gasteiger partial charge in [0.25, 0.3) is 0 Å². The van der Waals surface area contributed by atoms with Gasteiger partial charge in [0.05, 0.1) is 11.6 Å². The van der Waals surface area contributed by atoms with Crippen LogP contribution in [0, 0.1) is 0 Å². The summed E-state index contributed by atoms with van der Waals surface area (Å²) < 4.78 is 0. The number of hydrogen-bond donors (Lipinski definition) is 1. The van der Waals surface area contributed by atoms with Crippen molar-refractivity contribution in [3.05, 3.63) is 54.5 Å². The summed E-state index contributed by atoms with van der Waals surface area (Å²) in [5.74, 6) is 0.0667. The minimum Gasteiger partial charge on any atom is -0.481 e. The van der Waals surface area contributed by atoms with Gasteiger partial charge in [0.1, 0.15) is 5.82 Å². The van der Waals surface area contributed by atoms with E-state index in [1.165, 1.54) is 0 Å². The maximum absolute atomic E-state index is 11.9. The van der Waals surface area contributed by atoms with Gasteiger partial charge < -0.3 is 10.0 Å². The molecule has 1 aliphatic heterocycles. The first-order chi connectivity index (χ1) is 10.2. The highest BCUT2D eigenvalue weighted by molar-refractivity contribution is 5.82. The Balaban J connectivity index is 1.83. The molecular formula is C16H17N3O2. The summed E-state index contributed by atoms with van der Waals surface area (Å²) in [6, 6.07) is 9.52. The van der Waals surface area contributed by atoms with Crippen LogP contribution in [0.4, 0.5) is 5.82 Å². The summed E-state index contributed by atoms with van der Waals surface area (Å²) in [6.45, 7) is 1.33. The lowest BCUT2D eigenvalue weighted by Gasteiger charge is -2.39. The molecule has 0 unspecified atom stereocenters. The number of anilines is 1. The summed E-state index contributed by atoms with van der Waals surface area (Å²) in [6.07, 6.45) is 6.16. The van der Waals surface area contributed by atoms with Gasteiger partial charge in [-0.3, -0.25) is 9.78 Å². The standard InChI is InChI=1S/C16H17N3O2/c20-15(21)16(13-4-2-1-3-5-13)6-10-19(11-7-16)14-12-17-8-9-18-14/h1-5,8-9,12H,6-7,10-11H2,(H,20,21). The van der Waals surface area contributed by atoms with Crippen LogP contribution in [0.5, 0.6) is 0 Å². The van der Waals surface area contributed by atoms with Crippen molar-refractivity contribution in [2.75, 3.05) is 18.0 Å². The number of aliphatic carboxylic acids is 1. The van der Waals surface area contributed by atoms with Crippen molar-refractivity contribution in [2.45, 2.75) is 18.3 Å². The number of nitrogens with zero attached hydrogens (tertiary/aromatic N) is 3. The van der Waals surface area contributed by atoms with Crippen LogP contribution >= 0.6 is 0 Å². The van der Waals surface area contributed by atoms with E-state index in [0.717, 1.165) is 11.4 Å². The van der Waals surface area contributed by atoms with Crippen LogP contribution in [-0.4, -0.2) is 34.1 Å². The van der Waals surface area contributed by atoms with Gasteiger partial charge in [0, 0.05) is 25.5 Å². The highest BCUT2D eigenvalue weighted by Gasteiger charge is 2.43. The number of carboxylic acids is 1. The molecule has 0 spiro atoms. The number of benzene rings is 1. The van der Waals surface area contributed by atoms with Gasteiger partial charge >= 0.3 is 5.97 Å². The summed E-state index contributed by atoms with van der Waals surface area (Å²) in [5, 5.41) is 9.75. The smallest absolute Gasteiger partial charge is 0.314 e. The Hall–Kier alpha value is -2.43. The van der Waals surface area contributed by atoms with E-state index in [-0.39, 0.29) is 0 Å². The summed E-state index contributed by atoms with van der Waals surface area (Å²) >= 11 is 0. The minimum atomic E-state index is -0.792. The van der Waals surface area contributed by atoms with Gasteiger partial charge in [-0.25, -0.2) is 4.98 Å². The van der Waals surface area contributed by atoms with E-state index in [1.807, 2.05) is 30.3 Å². The van der Waals surface area contributed by atoms with Crippen LogP contribution in [0.1, 0.15) is 18.4 Å². The SMILES string of the molecule is O=C(O)C1(c2ccccc2)CCN(c2cnccn2)CC1.